The number of benzene rings is 3. The number of urea groups is 1. The van der Waals surface area contributed by atoms with Crippen molar-refractivity contribution in [2.45, 2.75) is 4.90 Å². The van der Waals surface area contributed by atoms with E-state index in [0.717, 1.165) is 18.2 Å². The molecule has 0 unspecified atom stereocenters. The monoisotopic (exact) mass is 530 g/mol. The van der Waals surface area contributed by atoms with Gasteiger partial charge in [0.15, 0.2) is 5.75 Å². The quantitative estimate of drug-likeness (QED) is 0.291. The van der Waals surface area contributed by atoms with E-state index in [0.29, 0.717) is 4.90 Å². The Balaban J connectivity index is 1.70. The molecule has 1 fully saturated rings. The van der Waals surface area contributed by atoms with E-state index in [1.54, 1.807) is 6.07 Å². The minimum Gasteiger partial charge on any atom is -0.493 e. The molecule has 0 aromatic heterocycles. The van der Waals surface area contributed by atoms with Gasteiger partial charge in [0.25, 0.3) is 11.8 Å². The molecule has 36 heavy (non-hydrogen) atoms. The standard InChI is InChI=1S/C24H16ClFN2O7S/c1-34-20-13-14(12-19(25)21(20)35-36(32,33)17-5-3-2-4-6-17)11-18-22(29)27-24(31)28(23(18)30)16-9-7-15(26)8-10-16/h2-13H,1H3,(H,27,29,31)/b18-11+. The highest BCUT2D eigenvalue weighted by Crippen LogP contribution is 2.39. The van der Waals surface area contributed by atoms with Crippen LogP contribution in [0.5, 0.6) is 11.5 Å². The van der Waals surface area contributed by atoms with Crippen molar-refractivity contribution in [2.75, 3.05) is 12.0 Å². The van der Waals surface area contributed by atoms with Crippen LogP contribution in [0.2, 0.25) is 5.02 Å². The second-order valence-corrected chi connectivity index (χ2v) is 9.27. The molecule has 1 heterocycles. The number of methoxy groups -OCH3 is 1. The van der Waals surface area contributed by atoms with E-state index in [9.17, 15) is 27.2 Å². The Kier molecular flexibility index (Phi) is 6.77. The number of halogens is 2. The maximum Gasteiger partial charge on any atom is 0.339 e. The molecule has 0 radical (unpaired) electrons. The number of hydrogen-bond donors (Lipinski definition) is 1. The Bertz CT molecular complexity index is 1510. The summed E-state index contributed by atoms with van der Waals surface area (Å²) < 4.78 is 48.9. The molecule has 3 aromatic rings. The largest absolute Gasteiger partial charge is 0.493 e. The number of anilines is 1. The zero-order valence-electron chi connectivity index (χ0n) is 18.4. The van der Waals surface area contributed by atoms with Crippen molar-refractivity contribution in [2.24, 2.45) is 0 Å². The van der Waals surface area contributed by atoms with Crippen LogP contribution in [0.4, 0.5) is 14.9 Å². The van der Waals surface area contributed by atoms with Gasteiger partial charge in [-0.05, 0) is 60.2 Å². The van der Waals surface area contributed by atoms with E-state index < -0.39 is 39.4 Å². The molecule has 4 amide bonds. The van der Waals surface area contributed by atoms with Crippen LogP contribution >= 0.6 is 11.6 Å². The van der Waals surface area contributed by atoms with Crippen molar-refractivity contribution in [3.8, 4) is 11.5 Å². The average molecular weight is 531 g/mol. The highest BCUT2D eigenvalue weighted by atomic mass is 35.5. The van der Waals surface area contributed by atoms with Crippen molar-refractivity contribution in [1.29, 1.82) is 0 Å². The van der Waals surface area contributed by atoms with E-state index in [4.69, 9.17) is 20.5 Å². The number of imide groups is 2. The number of amides is 4. The zero-order valence-corrected chi connectivity index (χ0v) is 20.0. The molecule has 0 atom stereocenters. The molecule has 1 aliphatic rings. The summed E-state index contributed by atoms with van der Waals surface area (Å²) in [5.74, 6) is -2.90. The fourth-order valence-electron chi connectivity index (χ4n) is 3.30. The lowest BCUT2D eigenvalue weighted by Crippen LogP contribution is -2.54. The minimum absolute atomic E-state index is 0.0442. The maximum atomic E-state index is 13.3. The van der Waals surface area contributed by atoms with Gasteiger partial charge in [-0.15, -0.1) is 0 Å². The van der Waals surface area contributed by atoms with Gasteiger partial charge in [0.05, 0.1) is 17.8 Å². The third-order valence-electron chi connectivity index (χ3n) is 4.97. The van der Waals surface area contributed by atoms with Crippen molar-refractivity contribution in [1.82, 2.24) is 5.32 Å². The Morgan fingerprint density at radius 2 is 1.67 bits per heavy atom. The van der Waals surface area contributed by atoms with Crippen molar-refractivity contribution < 1.29 is 36.1 Å². The molecular formula is C24H16ClFN2O7S. The molecule has 3 aromatic carbocycles. The van der Waals surface area contributed by atoms with Crippen LogP contribution < -0.4 is 19.1 Å². The van der Waals surface area contributed by atoms with Crippen LogP contribution in [0.1, 0.15) is 5.56 Å². The Hall–Kier alpha value is -4.22. The van der Waals surface area contributed by atoms with Crippen molar-refractivity contribution in [3.63, 3.8) is 0 Å². The molecule has 184 valence electrons. The number of carbonyl (C=O) groups excluding carboxylic acids is 3. The molecule has 4 rings (SSSR count). The number of rotatable bonds is 6. The Morgan fingerprint density at radius 3 is 2.31 bits per heavy atom. The number of ether oxygens (including phenoxy) is 1. The number of barbiturate groups is 1. The van der Waals surface area contributed by atoms with Crippen LogP contribution in [0.25, 0.3) is 6.08 Å². The summed E-state index contributed by atoms with van der Waals surface area (Å²) in [5, 5.41) is 1.86. The Morgan fingerprint density at radius 1 is 1.00 bits per heavy atom. The lowest BCUT2D eigenvalue weighted by molar-refractivity contribution is -0.122. The summed E-state index contributed by atoms with van der Waals surface area (Å²) in [7, 11) is -2.99. The van der Waals surface area contributed by atoms with Gasteiger partial charge in [-0.25, -0.2) is 14.1 Å². The van der Waals surface area contributed by atoms with E-state index >= 15 is 0 Å². The first-order valence-corrected chi connectivity index (χ1v) is 11.9. The highest BCUT2D eigenvalue weighted by Gasteiger charge is 2.37. The van der Waals surface area contributed by atoms with Crippen LogP contribution in [-0.2, 0) is 19.7 Å². The highest BCUT2D eigenvalue weighted by molar-refractivity contribution is 7.87. The van der Waals surface area contributed by atoms with E-state index in [1.165, 1.54) is 55.6 Å². The number of nitrogens with zero attached hydrogens (tertiary/aromatic N) is 1. The lowest BCUT2D eigenvalue weighted by Gasteiger charge is -2.26. The predicted molar refractivity (Wildman–Crippen MR) is 128 cm³/mol. The maximum absolute atomic E-state index is 13.3. The second-order valence-electron chi connectivity index (χ2n) is 7.32. The second kappa shape index (κ2) is 9.80. The molecule has 0 saturated carbocycles. The molecule has 0 bridgehead atoms. The summed E-state index contributed by atoms with van der Waals surface area (Å²) in [5.41, 5.74) is -0.210. The van der Waals surface area contributed by atoms with Gasteiger partial charge in [0.1, 0.15) is 16.3 Å². The van der Waals surface area contributed by atoms with Gasteiger partial charge in [0.2, 0.25) is 5.75 Å². The summed E-state index contributed by atoms with van der Waals surface area (Å²) in [6.07, 6.45) is 1.14. The first-order valence-electron chi connectivity index (χ1n) is 10.1. The normalized spacial score (nSPS) is 15.1. The van der Waals surface area contributed by atoms with Crippen molar-refractivity contribution >= 4 is 51.3 Å². The van der Waals surface area contributed by atoms with Gasteiger partial charge < -0.3 is 8.92 Å². The smallest absolute Gasteiger partial charge is 0.339 e. The topological polar surface area (TPSA) is 119 Å². The molecule has 1 saturated heterocycles. The first-order chi connectivity index (χ1) is 17.1. The predicted octanol–water partition coefficient (Wildman–Crippen LogP) is 3.92. The lowest BCUT2D eigenvalue weighted by atomic mass is 10.1. The number of hydrogen-bond acceptors (Lipinski definition) is 7. The molecular weight excluding hydrogens is 515 g/mol. The van der Waals surface area contributed by atoms with Gasteiger partial charge in [-0.2, -0.15) is 8.42 Å². The van der Waals surface area contributed by atoms with Crippen LogP contribution in [0.15, 0.2) is 77.2 Å². The number of carbonyl (C=O) groups is 3. The number of nitrogens with one attached hydrogen (secondary N) is 1. The molecule has 1 N–H and O–H groups in total. The van der Waals surface area contributed by atoms with E-state index in [2.05, 4.69) is 0 Å². The van der Waals surface area contributed by atoms with Gasteiger partial charge in [0, 0.05) is 0 Å². The SMILES string of the molecule is COc1cc(/C=C2\C(=O)NC(=O)N(c3ccc(F)cc3)C2=O)cc(Cl)c1OS(=O)(=O)c1ccccc1. The summed E-state index contributed by atoms with van der Waals surface area (Å²) >= 11 is 6.28. The molecule has 12 heteroatoms. The summed E-state index contributed by atoms with van der Waals surface area (Å²) in [4.78, 5) is 38.3. The molecule has 0 aliphatic carbocycles. The van der Waals surface area contributed by atoms with Gasteiger partial charge in [-0.1, -0.05) is 29.8 Å². The average Bonchev–Trinajstić information content (AvgIpc) is 2.84. The molecule has 9 nitrogen and oxygen atoms in total. The third-order valence-corrected chi connectivity index (χ3v) is 6.49. The molecule has 1 aliphatic heterocycles. The molecule has 0 spiro atoms. The minimum atomic E-state index is -4.24. The van der Waals surface area contributed by atoms with Crippen LogP contribution in [0.3, 0.4) is 0 Å². The van der Waals surface area contributed by atoms with Crippen molar-refractivity contribution in [3.05, 3.63) is 88.7 Å². The van der Waals surface area contributed by atoms with E-state index in [-0.39, 0.29) is 32.7 Å². The first kappa shape index (κ1) is 24.9. The van der Waals surface area contributed by atoms with E-state index in [1.807, 2.05) is 5.32 Å². The van der Waals surface area contributed by atoms with Gasteiger partial charge in [-0.3, -0.25) is 14.9 Å². The van der Waals surface area contributed by atoms with Gasteiger partial charge >= 0.3 is 16.1 Å². The fraction of sp³-hybridized carbons (Fsp3) is 0.0417. The zero-order chi connectivity index (χ0) is 26.0. The van der Waals surface area contributed by atoms with Crippen LogP contribution in [0, 0.1) is 5.82 Å². The Labute approximate surface area is 209 Å². The van der Waals surface area contributed by atoms with Crippen LogP contribution in [-0.4, -0.2) is 33.4 Å². The fourth-order valence-corrected chi connectivity index (χ4v) is 4.58. The summed E-state index contributed by atoms with van der Waals surface area (Å²) in [6, 6.07) is 13.5. The third kappa shape index (κ3) is 4.92. The summed E-state index contributed by atoms with van der Waals surface area (Å²) in [6.45, 7) is 0.